The second-order valence-corrected chi connectivity index (χ2v) is 7.45. The fourth-order valence-electron chi connectivity index (χ4n) is 2.57. The van der Waals surface area contributed by atoms with Crippen LogP contribution in [-0.2, 0) is 14.6 Å². The quantitative estimate of drug-likeness (QED) is 0.673. The minimum absolute atomic E-state index is 0.0466. The molecule has 1 atom stereocenters. The van der Waals surface area contributed by atoms with Crippen molar-refractivity contribution in [3.63, 3.8) is 0 Å². The molecule has 0 saturated heterocycles. The van der Waals surface area contributed by atoms with Crippen molar-refractivity contribution < 1.29 is 23.1 Å². The van der Waals surface area contributed by atoms with Gasteiger partial charge in [0, 0.05) is 12.0 Å². The molecule has 0 aromatic rings. The van der Waals surface area contributed by atoms with Gasteiger partial charge in [-0.05, 0) is 24.3 Å². The predicted molar refractivity (Wildman–Crippen MR) is 71.8 cm³/mol. The third kappa shape index (κ3) is 3.72. The Morgan fingerprint density at radius 3 is 2.50 bits per heavy atom. The summed E-state index contributed by atoms with van der Waals surface area (Å²) in [5.74, 6) is -0.988. The molecule has 7 nitrogen and oxygen atoms in total. The zero-order chi connectivity index (χ0) is 14.8. The number of sulfone groups is 1. The molecule has 1 heterocycles. The molecule has 2 amide bonds. The molecule has 1 unspecified atom stereocenters. The zero-order valence-corrected chi connectivity index (χ0v) is 11.8. The van der Waals surface area contributed by atoms with E-state index in [1.807, 2.05) is 0 Å². The summed E-state index contributed by atoms with van der Waals surface area (Å²) < 4.78 is 22.4. The van der Waals surface area contributed by atoms with Crippen LogP contribution in [0.2, 0.25) is 0 Å². The molecule has 2 rings (SSSR count). The topological polar surface area (TPSA) is 113 Å². The van der Waals surface area contributed by atoms with E-state index in [-0.39, 0.29) is 17.6 Å². The number of nitrogens with one attached hydrogen (secondary N) is 2. The molecule has 112 valence electrons. The van der Waals surface area contributed by atoms with Crippen LogP contribution >= 0.6 is 0 Å². The highest BCUT2D eigenvalue weighted by Gasteiger charge is 2.39. The number of carboxylic acids is 1. The monoisotopic (exact) mass is 302 g/mol. The molecular formula is C12H18N2O5S. The van der Waals surface area contributed by atoms with Crippen molar-refractivity contribution in [1.82, 2.24) is 10.6 Å². The molecule has 1 saturated carbocycles. The molecule has 1 fully saturated rings. The number of urea groups is 1. The standard InChI is InChI=1S/C12H18N2O5S/c15-10(16)6-12(3-1-4-12)8-13-11(17)14-9-2-5-20(18,19)7-9/h2,5,9H,1,3-4,6-8H2,(H,15,16)(H2,13,14,17). The number of hydrogen-bond acceptors (Lipinski definition) is 4. The van der Waals surface area contributed by atoms with Crippen molar-refractivity contribution in [1.29, 1.82) is 0 Å². The minimum atomic E-state index is -3.19. The summed E-state index contributed by atoms with van der Waals surface area (Å²) in [6, 6.07) is -0.981. The highest BCUT2D eigenvalue weighted by atomic mass is 32.2. The summed E-state index contributed by atoms with van der Waals surface area (Å²) in [6.45, 7) is 0.300. The van der Waals surface area contributed by atoms with Gasteiger partial charge in [-0.15, -0.1) is 0 Å². The Kier molecular flexibility index (Phi) is 4.03. The van der Waals surface area contributed by atoms with Crippen LogP contribution in [0.25, 0.3) is 0 Å². The van der Waals surface area contributed by atoms with E-state index in [9.17, 15) is 18.0 Å². The van der Waals surface area contributed by atoms with E-state index in [4.69, 9.17) is 5.11 Å². The van der Waals surface area contributed by atoms with E-state index in [0.717, 1.165) is 24.7 Å². The van der Waals surface area contributed by atoms with Crippen LogP contribution in [0.1, 0.15) is 25.7 Å². The third-order valence-corrected chi connectivity index (χ3v) is 5.21. The predicted octanol–water partition coefficient (Wildman–Crippen LogP) is 0.241. The summed E-state index contributed by atoms with van der Waals surface area (Å²) in [5, 5.41) is 15.1. The number of amides is 2. The molecule has 20 heavy (non-hydrogen) atoms. The first-order chi connectivity index (χ1) is 9.30. The van der Waals surface area contributed by atoms with E-state index in [0.29, 0.717) is 6.54 Å². The number of carboxylic acid groups (broad SMARTS) is 1. The fraction of sp³-hybridized carbons (Fsp3) is 0.667. The Bertz CT molecular complexity index is 536. The zero-order valence-electron chi connectivity index (χ0n) is 11.0. The summed E-state index contributed by atoms with van der Waals surface area (Å²) in [6.07, 6.45) is 4.03. The van der Waals surface area contributed by atoms with Crippen molar-refractivity contribution in [3.8, 4) is 0 Å². The number of carbonyl (C=O) groups excluding carboxylic acids is 1. The van der Waals surface area contributed by atoms with Crippen molar-refractivity contribution in [3.05, 3.63) is 11.5 Å². The van der Waals surface area contributed by atoms with E-state index in [1.165, 1.54) is 6.08 Å². The van der Waals surface area contributed by atoms with Gasteiger partial charge in [0.2, 0.25) is 0 Å². The molecule has 2 aliphatic rings. The first-order valence-electron chi connectivity index (χ1n) is 6.47. The van der Waals surface area contributed by atoms with Gasteiger partial charge in [-0.2, -0.15) is 0 Å². The SMILES string of the molecule is O=C(O)CC1(CNC(=O)NC2C=CS(=O)(=O)C2)CCC1. The summed E-state index contributed by atoms with van der Waals surface area (Å²) in [5.41, 5.74) is -0.346. The van der Waals surface area contributed by atoms with E-state index in [1.54, 1.807) is 0 Å². The van der Waals surface area contributed by atoms with Gasteiger partial charge >= 0.3 is 12.0 Å². The van der Waals surface area contributed by atoms with Gasteiger partial charge in [0.15, 0.2) is 9.84 Å². The summed E-state index contributed by atoms with van der Waals surface area (Å²) in [7, 11) is -3.19. The first-order valence-corrected chi connectivity index (χ1v) is 8.19. The lowest BCUT2D eigenvalue weighted by Gasteiger charge is -2.40. The Morgan fingerprint density at radius 1 is 1.35 bits per heavy atom. The van der Waals surface area contributed by atoms with E-state index >= 15 is 0 Å². The smallest absolute Gasteiger partial charge is 0.315 e. The lowest BCUT2D eigenvalue weighted by molar-refractivity contribution is -0.141. The van der Waals surface area contributed by atoms with Crippen LogP contribution in [0.5, 0.6) is 0 Å². The first kappa shape index (κ1) is 14.8. The lowest BCUT2D eigenvalue weighted by Crippen LogP contribution is -2.49. The van der Waals surface area contributed by atoms with Gasteiger partial charge in [0.05, 0.1) is 18.2 Å². The number of carbonyl (C=O) groups is 2. The normalized spacial score (nSPS) is 25.7. The number of aliphatic carboxylic acids is 1. The van der Waals surface area contributed by atoms with Crippen molar-refractivity contribution in [2.75, 3.05) is 12.3 Å². The molecule has 1 aliphatic heterocycles. The molecule has 3 N–H and O–H groups in total. The Morgan fingerprint density at radius 2 is 2.05 bits per heavy atom. The third-order valence-electron chi connectivity index (χ3n) is 3.81. The molecule has 0 spiro atoms. The molecule has 0 radical (unpaired) electrons. The van der Waals surface area contributed by atoms with Crippen LogP contribution in [0, 0.1) is 5.41 Å². The Hall–Kier alpha value is -1.57. The van der Waals surface area contributed by atoms with Crippen LogP contribution in [-0.4, -0.2) is 43.9 Å². The van der Waals surface area contributed by atoms with Crippen LogP contribution in [0.4, 0.5) is 4.79 Å². The fourth-order valence-corrected chi connectivity index (χ4v) is 3.80. The van der Waals surface area contributed by atoms with Crippen molar-refractivity contribution >= 4 is 21.8 Å². The molecule has 8 heteroatoms. The largest absolute Gasteiger partial charge is 0.481 e. The van der Waals surface area contributed by atoms with Gasteiger partial charge in [0.1, 0.15) is 0 Å². The Balaban J connectivity index is 1.78. The molecule has 1 aliphatic carbocycles. The molecule has 0 aromatic carbocycles. The summed E-state index contributed by atoms with van der Waals surface area (Å²) >= 11 is 0. The minimum Gasteiger partial charge on any atom is -0.481 e. The maximum Gasteiger partial charge on any atom is 0.315 e. The van der Waals surface area contributed by atoms with Crippen molar-refractivity contribution in [2.45, 2.75) is 31.7 Å². The highest BCUT2D eigenvalue weighted by molar-refractivity contribution is 7.94. The van der Waals surface area contributed by atoms with Crippen LogP contribution in [0.3, 0.4) is 0 Å². The summed E-state index contributed by atoms with van der Waals surface area (Å²) in [4.78, 5) is 22.5. The second-order valence-electron chi connectivity index (χ2n) is 5.52. The second kappa shape index (κ2) is 5.43. The maximum atomic E-state index is 11.7. The molecule has 0 aromatic heterocycles. The number of hydrogen-bond donors (Lipinski definition) is 3. The van der Waals surface area contributed by atoms with Crippen LogP contribution in [0.15, 0.2) is 11.5 Å². The number of rotatable bonds is 5. The maximum absolute atomic E-state index is 11.7. The highest BCUT2D eigenvalue weighted by Crippen LogP contribution is 2.43. The van der Waals surface area contributed by atoms with E-state index in [2.05, 4.69) is 10.6 Å². The van der Waals surface area contributed by atoms with Crippen LogP contribution < -0.4 is 10.6 Å². The molecular weight excluding hydrogens is 284 g/mol. The lowest BCUT2D eigenvalue weighted by atomic mass is 9.66. The molecule has 0 bridgehead atoms. The van der Waals surface area contributed by atoms with Gasteiger partial charge in [0.25, 0.3) is 0 Å². The van der Waals surface area contributed by atoms with E-state index < -0.39 is 27.9 Å². The van der Waals surface area contributed by atoms with Gasteiger partial charge in [-0.3, -0.25) is 4.79 Å². The van der Waals surface area contributed by atoms with Gasteiger partial charge in [-0.25, -0.2) is 13.2 Å². The average molecular weight is 302 g/mol. The Labute approximate surface area is 117 Å². The average Bonchev–Trinajstić information content (AvgIpc) is 2.61. The van der Waals surface area contributed by atoms with Crippen molar-refractivity contribution in [2.24, 2.45) is 5.41 Å². The van der Waals surface area contributed by atoms with Gasteiger partial charge < -0.3 is 15.7 Å². The van der Waals surface area contributed by atoms with Gasteiger partial charge in [-0.1, -0.05) is 6.42 Å².